The van der Waals surface area contributed by atoms with Crippen molar-refractivity contribution in [1.29, 1.82) is 0 Å². The Morgan fingerprint density at radius 1 is 0.560 bits per heavy atom. The number of aryl methyl sites for hydroxylation is 2. The molecule has 50 heavy (non-hydrogen) atoms. The Hall–Kier alpha value is -4.12. The molecule has 264 valence electrons. The van der Waals surface area contributed by atoms with Crippen molar-refractivity contribution in [3.63, 3.8) is 0 Å². The minimum Gasteiger partial charge on any atom is -0.293 e. The highest BCUT2D eigenvalue weighted by Crippen LogP contribution is 2.42. The average molecular weight is 755 g/mol. The fourth-order valence-electron chi connectivity index (χ4n) is 4.85. The number of amides is 6. The van der Waals surface area contributed by atoms with Crippen molar-refractivity contribution < 1.29 is 28.8 Å². The second-order valence-corrected chi connectivity index (χ2v) is 15.0. The Kier molecular flexibility index (Phi) is 14.5. The number of carbonyl (C=O) groups is 6. The van der Waals surface area contributed by atoms with E-state index in [1.165, 1.54) is 9.80 Å². The number of hydrogen-bond donors (Lipinski definition) is 4. The van der Waals surface area contributed by atoms with E-state index in [0.29, 0.717) is 71.4 Å². The number of nitrogens with zero attached hydrogens (tertiary/aromatic N) is 2. The molecule has 0 radical (unpaired) electrons. The summed E-state index contributed by atoms with van der Waals surface area (Å²) in [6.07, 6.45) is 4.00. The van der Waals surface area contributed by atoms with E-state index in [1.807, 2.05) is 38.1 Å². The van der Waals surface area contributed by atoms with E-state index >= 15 is 0 Å². The number of unbranched alkanes of at least 4 members (excludes halogenated alkanes) is 4. The van der Waals surface area contributed by atoms with E-state index in [4.69, 9.17) is 24.4 Å². The molecular weight excluding hydrogens is 717 g/mol. The molecule has 0 spiro atoms. The monoisotopic (exact) mass is 754 g/mol. The van der Waals surface area contributed by atoms with E-state index in [2.05, 4.69) is 21.7 Å². The molecule has 0 atom stereocenters. The SMILES string of the molecule is Cc1ccc(C(=O)NNC(=O)CCCCCN2C(=O)/C(=C3\SC(=S)N(CCCCCC(=O)NNC(=O)c4ccc(C)cc4)C3=O)SC2=S)cc1. The summed E-state index contributed by atoms with van der Waals surface area (Å²) in [5, 5.41) is 0. The zero-order valence-electron chi connectivity index (χ0n) is 27.7. The van der Waals surface area contributed by atoms with Gasteiger partial charge in [0.25, 0.3) is 23.6 Å². The van der Waals surface area contributed by atoms with Gasteiger partial charge in [0.2, 0.25) is 11.8 Å². The molecule has 4 N–H and O–H groups in total. The van der Waals surface area contributed by atoms with Gasteiger partial charge in [-0.05, 0) is 63.8 Å². The molecule has 4 rings (SSSR count). The Morgan fingerprint density at radius 3 is 1.28 bits per heavy atom. The molecule has 0 unspecified atom stereocenters. The minimum atomic E-state index is -0.398. The molecule has 2 aromatic rings. The first-order valence-corrected chi connectivity index (χ1v) is 18.5. The summed E-state index contributed by atoms with van der Waals surface area (Å²) < 4.78 is 0.723. The lowest BCUT2D eigenvalue weighted by Gasteiger charge is -2.14. The number of rotatable bonds is 14. The van der Waals surface area contributed by atoms with Crippen LogP contribution in [0.25, 0.3) is 0 Å². The van der Waals surface area contributed by atoms with Crippen LogP contribution in [0.5, 0.6) is 0 Å². The van der Waals surface area contributed by atoms with Crippen LogP contribution in [0.1, 0.15) is 83.2 Å². The quantitative estimate of drug-likeness (QED) is 0.0933. The summed E-state index contributed by atoms with van der Waals surface area (Å²) in [6, 6.07) is 14.0. The van der Waals surface area contributed by atoms with Gasteiger partial charge in [-0.15, -0.1) is 0 Å². The zero-order valence-corrected chi connectivity index (χ0v) is 30.9. The van der Waals surface area contributed by atoms with Crippen LogP contribution in [0, 0.1) is 13.8 Å². The minimum absolute atomic E-state index is 0.203. The second-order valence-electron chi connectivity index (χ2n) is 11.7. The van der Waals surface area contributed by atoms with Gasteiger partial charge in [-0.3, -0.25) is 60.3 Å². The molecule has 2 fully saturated rings. The maximum Gasteiger partial charge on any atom is 0.269 e. The highest BCUT2D eigenvalue weighted by atomic mass is 32.2. The van der Waals surface area contributed by atoms with Gasteiger partial charge in [0.05, 0.1) is 9.81 Å². The van der Waals surface area contributed by atoms with Crippen molar-refractivity contribution in [2.24, 2.45) is 0 Å². The molecule has 6 amide bonds. The molecular formula is C34H38N6O6S4. The molecule has 0 bridgehead atoms. The summed E-state index contributed by atoms with van der Waals surface area (Å²) >= 11 is 13.1. The number of hydrogen-bond acceptors (Lipinski definition) is 10. The van der Waals surface area contributed by atoms with Gasteiger partial charge in [0.15, 0.2) is 0 Å². The fourth-order valence-corrected chi connectivity index (χ4v) is 7.62. The summed E-state index contributed by atoms with van der Waals surface area (Å²) in [5.74, 6) is -2.10. The Labute approximate surface area is 309 Å². The summed E-state index contributed by atoms with van der Waals surface area (Å²) in [7, 11) is 0. The predicted octanol–water partition coefficient (Wildman–Crippen LogP) is 4.58. The van der Waals surface area contributed by atoms with Gasteiger partial charge in [-0.1, -0.05) is 96.2 Å². The molecule has 2 aliphatic rings. The van der Waals surface area contributed by atoms with Crippen molar-refractivity contribution in [1.82, 2.24) is 31.5 Å². The van der Waals surface area contributed by atoms with Gasteiger partial charge in [-0.25, -0.2) is 0 Å². The van der Waals surface area contributed by atoms with Crippen molar-refractivity contribution in [2.45, 2.75) is 65.2 Å². The van der Waals surface area contributed by atoms with E-state index in [9.17, 15) is 28.8 Å². The first-order valence-electron chi connectivity index (χ1n) is 16.1. The van der Waals surface area contributed by atoms with Crippen LogP contribution < -0.4 is 21.7 Å². The molecule has 16 heteroatoms. The lowest BCUT2D eigenvalue weighted by molar-refractivity contribution is -0.124. The highest BCUT2D eigenvalue weighted by Gasteiger charge is 2.41. The van der Waals surface area contributed by atoms with Gasteiger partial charge < -0.3 is 0 Å². The average Bonchev–Trinajstić information content (AvgIpc) is 3.54. The third-order valence-electron chi connectivity index (χ3n) is 7.73. The third-order valence-corrected chi connectivity index (χ3v) is 10.8. The Bertz CT molecular complexity index is 1570. The van der Waals surface area contributed by atoms with Gasteiger partial charge in [0.1, 0.15) is 8.64 Å². The van der Waals surface area contributed by atoms with Crippen LogP contribution in [0.2, 0.25) is 0 Å². The van der Waals surface area contributed by atoms with Crippen LogP contribution in [-0.2, 0) is 19.2 Å². The summed E-state index contributed by atoms with van der Waals surface area (Å²) in [5.41, 5.74) is 12.6. The topological polar surface area (TPSA) is 157 Å². The first kappa shape index (κ1) is 38.7. The van der Waals surface area contributed by atoms with E-state index in [1.54, 1.807) is 24.3 Å². The summed E-state index contributed by atoms with van der Waals surface area (Å²) in [6.45, 7) is 4.54. The molecule has 0 aliphatic carbocycles. The van der Waals surface area contributed by atoms with Crippen molar-refractivity contribution in [3.8, 4) is 0 Å². The smallest absolute Gasteiger partial charge is 0.269 e. The van der Waals surface area contributed by atoms with Gasteiger partial charge >= 0.3 is 0 Å². The lowest BCUT2D eigenvalue weighted by atomic mass is 10.1. The van der Waals surface area contributed by atoms with E-state index in [0.717, 1.165) is 34.7 Å². The van der Waals surface area contributed by atoms with Gasteiger partial charge in [0, 0.05) is 37.1 Å². The number of benzene rings is 2. The van der Waals surface area contributed by atoms with Crippen LogP contribution in [0.15, 0.2) is 58.3 Å². The maximum atomic E-state index is 13.2. The maximum absolute atomic E-state index is 13.2. The second kappa shape index (κ2) is 18.8. The third kappa shape index (κ3) is 10.9. The van der Waals surface area contributed by atoms with E-state index < -0.39 is 11.8 Å². The van der Waals surface area contributed by atoms with Crippen LogP contribution in [0.3, 0.4) is 0 Å². The molecule has 0 saturated carbocycles. The molecule has 2 heterocycles. The van der Waals surface area contributed by atoms with Gasteiger partial charge in [-0.2, -0.15) is 0 Å². The van der Waals surface area contributed by atoms with Crippen molar-refractivity contribution in [2.75, 3.05) is 13.1 Å². The summed E-state index contributed by atoms with van der Waals surface area (Å²) in [4.78, 5) is 78.5. The fraction of sp³-hybridized carbons (Fsp3) is 0.353. The molecule has 2 saturated heterocycles. The number of thiocarbonyl (C=S) groups is 2. The highest BCUT2D eigenvalue weighted by molar-refractivity contribution is 8.29. The standard InChI is InChI=1S/C34H38N6O6S4/c1-21-11-15-23(16-12-21)29(43)37-35-25(41)9-5-3-7-19-39-31(45)27(49-33(39)47)28-32(46)40(34(48)50-28)20-8-4-6-10-26(42)36-38-30(44)24-17-13-22(2)14-18-24/h11-18H,3-10,19-20H2,1-2H3,(H,35,41)(H,36,42)(H,37,43)(H,38,44)/b28-27+. The number of hydrazine groups is 2. The van der Waals surface area contributed by atoms with Crippen molar-refractivity contribution in [3.05, 3.63) is 80.6 Å². The largest absolute Gasteiger partial charge is 0.293 e. The number of thioether (sulfide) groups is 2. The van der Waals surface area contributed by atoms with Crippen LogP contribution in [-0.4, -0.2) is 67.0 Å². The van der Waals surface area contributed by atoms with Crippen LogP contribution >= 0.6 is 48.0 Å². The molecule has 2 aromatic carbocycles. The number of nitrogens with one attached hydrogen (secondary N) is 4. The Balaban J connectivity index is 1.12. The molecule has 2 aliphatic heterocycles. The lowest BCUT2D eigenvalue weighted by Crippen LogP contribution is -2.41. The predicted molar refractivity (Wildman–Crippen MR) is 201 cm³/mol. The number of carbonyl (C=O) groups excluding carboxylic acids is 6. The molecule has 0 aromatic heterocycles. The zero-order chi connectivity index (χ0) is 36.2. The Morgan fingerprint density at radius 2 is 0.920 bits per heavy atom. The normalized spacial score (nSPS) is 15.8. The first-order chi connectivity index (χ1) is 23.9. The van der Waals surface area contributed by atoms with Crippen LogP contribution in [0.4, 0.5) is 0 Å². The van der Waals surface area contributed by atoms with Crippen molar-refractivity contribution >= 4 is 92.0 Å². The van der Waals surface area contributed by atoms with E-state index in [-0.39, 0.29) is 46.3 Å². The molecule has 12 nitrogen and oxygen atoms in total.